The van der Waals surface area contributed by atoms with E-state index in [4.69, 9.17) is 5.73 Å². The molecule has 5 nitrogen and oxygen atoms in total. The molecule has 5 heteroatoms. The third kappa shape index (κ3) is 3.35. The van der Waals surface area contributed by atoms with Gasteiger partial charge in [-0.05, 0) is 25.5 Å². The van der Waals surface area contributed by atoms with Gasteiger partial charge in [-0.3, -0.25) is 4.79 Å². The first-order chi connectivity index (χ1) is 7.93. The standard InChI is InChI=1S/C12H18N2O3/c1-8(13)6-7-14(2)12(17)11-9(15)4-3-5-10(11)16/h3-5,8,15-16H,6-7,13H2,1-2H3. The molecule has 0 aliphatic heterocycles. The van der Waals surface area contributed by atoms with Gasteiger partial charge in [0.1, 0.15) is 17.1 Å². The number of carbonyl (C=O) groups excluding carboxylic acids is 1. The summed E-state index contributed by atoms with van der Waals surface area (Å²) >= 11 is 0. The van der Waals surface area contributed by atoms with E-state index in [1.165, 1.54) is 23.1 Å². The molecular weight excluding hydrogens is 220 g/mol. The van der Waals surface area contributed by atoms with Crippen LogP contribution in [0.1, 0.15) is 23.7 Å². The van der Waals surface area contributed by atoms with Gasteiger partial charge in [-0.25, -0.2) is 0 Å². The Morgan fingerprint density at radius 2 is 1.94 bits per heavy atom. The van der Waals surface area contributed by atoms with Crippen molar-refractivity contribution in [2.75, 3.05) is 13.6 Å². The van der Waals surface area contributed by atoms with Gasteiger partial charge in [-0.2, -0.15) is 0 Å². The number of aromatic hydroxyl groups is 2. The van der Waals surface area contributed by atoms with E-state index in [2.05, 4.69) is 0 Å². The molecule has 0 aliphatic rings. The van der Waals surface area contributed by atoms with E-state index in [1.807, 2.05) is 6.92 Å². The Morgan fingerprint density at radius 3 is 2.41 bits per heavy atom. The highest BCUT2D eigenvalue weighted by Crippen LogP contribution is 2.27. The summed E-state index contributed by atoms with van der Waals surface area (Å²) in [7, 11) is 1.61. The Hall–Kier alpha value is -1.75. The molecule has 1 unspecified atom stereocenters. The van der Waals surface area contributed by atoms with Gasteiger partial charge < -0.3 is 20.8 Å². The minimum absolute atomic E-state index is 0.00298. The highest BCUT2D eigenvalue weighted by atomic mass is 16.3. The van der Waals surface area contributed by atoms with E-state index in [1.54, 1.807) is 7.05 Å². The second-order valence-electron chi connectivity index (χ2n) is 4.16. The van der Waals surface area contributed by atoms with E-state index in [-0.39, 0.29) is 23.1 Å². The molecule has 0 saturated carbocycles. The van der Waals surface area contributed by atoms with Crippen LogP contribution in [0.5, 0.6) is 11.5 Å². The number of carbonyl (C=O) groups is 1. The summed E-state index contributed by atoms with van der Waals surface area (Å²) in [5.41, 5.74) is 5.53. The highest BCUT2D eigenvalue weighted by Gasteiger charge is 2.19. The summed E-state index contributed by atoms with van der Waals surface area (Å²) < 4.78 is 0. The first-order valence-corrected chi connectivity index (χ1v) is 5.45. The Kier molecular flexibility index (Phi) is 4.34. The number of hydrogen-bond donors (Lipinski definition) is 3. The van der Waals surface area contributed by atoms with E-state index < -0.39 is 5.91 Å². The van der Waals surface area contributed by atoms with Crippen molar-refractivity contribution in [3.8, 4) is 11.5 Å². The number of nitrogens with two attached hydrogens (primary N) is 1. The molecule has 1 aromatic rings. The summed E-state index contributed by atoms with van der Waals surface area (Å²) in [4.78, 5) is 13.4. The van der Waals surface area contributed by atoms with Gasteiger partial charge >= 0.3 is 0 Å². The van der Waals surface area contributed by atoms with Gasteiger partial charge in [0.15, 0.2) is 0 Å². The number of phenols is 2. The van der Waals surface area contributed by atoms with Crippen LogP contribution in [0.15, 0.2) is 18.2 Å². The normalized spacial score (nSPS) is 12.2. The predicted molar refractivity (Wildman–Crippen MR) is 65.0 cm³/mol. The molecule has 0 fully saturated rings. The summed E-state index contributed by atoms with van der Waals surface area (Å²) in [6, 6.07) is 4.21. The maximum Gasteiger partial charge on any atom is 0.261 e. The number of phenolic OH excluding ortho intramolecular Hbond substituents is 2. The molecule has 1 amide bonds. The second kappa shape index (κ2) is 5.54. The maximum atomic E-state index is 12.0. The summed E-state index contributed by atoms with van der Waals surface area (Å²) in [5, 5.41) is 19.1. The highest BCUT2D eigenvalue weighted by molar-refractivity contribution is 5.99. The van der Waals surface area contributed by atoms with Crippen molar-refractivity contribution in [3.63, 3.8) is 0 Å². The molecule has 0 bridgehead atoms. The molecule has 0 aromatic heterocycles. The number of benzene rings is 1. The summed E-state index contributed by atoms with van der Waals surface area (Å²) in [6.45, 7) is 2.33. The van der Waals surface area contributed by atoms with Crippen molar-refractivity contribution >= 4 is 5.91 Å². The molecule has 1 atom stereocenters. The van der Waals surface area contributed by atoms with Gasteiger partial charge in [-0.1, -0.05) is 6.07 Å². The lowest BCUT2D eigenvalue weighted by Crippen LogP contribution is -2.31. The second-order valence-corrected chi connectivity index (χ2v) is 4.16. The van der Waals surface area contributed by atoms with Crippen LogP contribution in [0, 0.1) is 0 Å². The lowest BCUT2D eigenvalue weighted by molar-refractivity contribution is 0.0785. The zero-order valence-electron chi connectivity index (χ0n) is 10.1. The van der Waals surface area contributed by atoms with Crippen molar-refractivity contribution in [2.24, 2.45) is 5.73 Å². The van der Waals surface area contributed by atoms with Gasteiger partial charge in [0.2, 0.25) is 0 Å². The average molecular weight is 238 g/mol. The van der Waals surface area contributed by atoms with Crippen molar-refractivity contribution in [2.45, 2.75) is 19.4 Å². The fraction of sp³-hybridized carbons (Fsp3) is 0.417. The number of nitrogens with zero attached hydrogens (tertiary/aromatic N) is 1. The Labute approximate surface area is 100 Å². The largest absolute Gasteiger partial charge is 0.507 e. The van der Waals surface area contributed by atoms with E-state index in [9.17, 15) is 15.0 Å². The SMILES string of the molecule is CC(N)CCN(C)C(=O)c1c(O)cccc1O. The predicted octanol–water partition coefficient (Wildman–Crippen LogP) is 0.907. The lowest BCUT2D eigenvalue weighted by Gasteiger charge is -2.19. The number of rotatable bonds is 4. The topological polar surface area (TPSA) is 86.8 Å². The third-order valence-corrected chi connectivity index (χ3v) is 2.50. The van der Waals surface area contributed by atoms with E-state index in [0.717, 1.165) is 0 Å². The molecule has 0 spiro atoms. The van der Waals surface area contributed by atoms with Gasteiger partial charge in [-0.15, -0.1) is 0 Å². The van der Waals surface area contributed by atoms with Crippen molar-refractivity contribution < 1.29 is 15.0 Å². The van der Waals surface area contributed by atoms with Crippen LogP contribution in [-0.4, -0.2) is 40.7 Å². The molecule has 0 aliphatic carbocycles. The molecule has 94 valence electrons. The van der Waals surface area contributed by atoms with Crippen molar-refractivity contribution in [3.05, 3.63) is 23.8 Å². The number of amides is 1. The molecule has 0 saturated heterocycles. The fourth-order valence-corrected chi connectivity index (χ4v) is 1.44. The quantitative estimate of drug-likeness (QED) is 0.727. The molecule has 4 N–H and O–H groups in total. The molecule has 1 aromatic carbocycles. The van der Waals surface area contributed by atoms with E-state index >= 15 is 0 Å². The van der Waals surface area contributed by atoms with Crippen LogP contribution in [0.2, 0.25) is 0 Å². The minimum atomic E-state index is -0.416. The molecule has 0 heterocycles. The summed E-state index contributed by atoms with van der Waals surface area (Å²) in [5.74, 6) is -0.855. The molecular formula is C12H18N2O3. The fourth-order valence-electron chi connectivity index (χ4n) is 1.44. The Morgan fingerprint density at radius 1 is 1.41 bits per heavy atom. The Bertz CT molecular complexity index is 384. The van der Waals surface area contributed by atoms with Gasteiger partial charge in [0, 0.05) is 19.6 Å². The van der Waals surface area contributed by atoms with Crippen molar-refractivity contribution in [1.82, 2.24) is 4.90 Å². The summed E-state index contributed by atoms with van der Waals surface area (Å²) in [6.07, 6.45) is 0.663. The van der Waals surface area contributed by atoms with Gasteiger partial charge in [0.05, 0.1) is 0 Å². The monoisotopic (exact) mass is 238 g/mol. The zero-order chi connectivity index (χ0) is 13.0. The molecule has 17 heavy (non-hydrogen) atoms. The molecule has 1 rings (SSSR count). The molecule has 0 radical (unpaired) electrons. The van der Waals surface area contributed by atoms with E-state index in [0.29, 0.717) is 13.0 Å². The Balaban J connectivity index is 2.82. The van der Waals surface area contributed by atoms with Crippen LogP contribution >= 0.6 is 0 Å². The van der Waals surface area contributed by atoms with Crippen LogP contribution in [0.25, 0.3) is 0 Å². The van der Waals surface area contributed by atoms with Crippen LogP contribution in [0.3, 0.4) is 0 Å². The van der Waals surface area contributed by atoms with Crippen molar-refractivity contribution in [1.29, 1.82) is 0 Å². The first kappa shape index (κ1) is 13.3. The van der Waals surface area contributed by atoms with Crippen LogP contribution in [0.4, 0.5) is 0 Å². The van der Waals surface area contributed by atoms with Crippen LogP contribution < -0.4 is 5.73 Å². The van der Waals surface area contributed by atoms with Crippen LogP contribution in [-0.2, 0) is 0 Å². The average Bonchev–Trinajstić information content (AvgIpc) is 2.25. The number of hydrogen-bond acceptors (Lipinski definition) is 4. The zero-order valence-corrected chi connectivity index (χ0v) is 10.1. The minimum Gasteiger partial charge on any atom is -0.507 e. The smallest absolute Gasteiger partial charge is 0.261 e. The van der Waals surface area contributed by atoms with Gasteiger partial charge in [0.25, 0.3) is 5.91 Å². The lowest BCUT2D eigenvalue weighted by atomic mass is 10.1. The third-order valence-electron chi connectivity index (χ3n) is 2.50. The maximum absolute atomic E-state index is 12.0. The first-order valence-electron chi connectivity index (χ1n) is 5.45.